The molecule has 1 fully saturated rings. The maximum atomic E-state index is 4.10. The second-order valence-electron chi connectivity index (χ2n) is 3.53. The molecule has 0 radical (unpaired) electrons. The topological polar surface area (TPSA) is 37.0 Å². The van der Waals surface area contributed by atoms with Crippen molar-refractivity contribution in [2.45, 2.75) is 19.0 Å². The van der Waals surface area contributed by atoms with E-state index in [-0.39, 0.29) is 0 Å². The summed E-state index contributed by atoms with van der Waals surface area (Å²) >= 11 is 0. The maximum Gasteiger partial charge on any atom is 0.0322 e. The molecule has 0 amide bonds. The van der Waals surface area contributed by atoms with Crippen molar-refractivity contribution in [3.8, 4) is 0 Å². The highest BCUT2D eigenvalue weighted by Gasteiger charge is 2.18. The summed E-state index contributed by atoms with van der Waals surface area (Å²) in [6.07, 6.45) is 3.73. The number of nitrogens with one attached hydrogen (secondary N) is 2. The highest BCUT2D eigenvalue weighted by atomic mass is 15.1. The van der Waals surface area contributed by atoms with Gasteiger partial charge < -0.3 is 10.6 Å². The first kappa shape index (κ1) is 8.66. The number of aromatic nitrogens is 1. The van der Waals surface area contributed by atoms with E-state index < -0.39 is 0 Å². The van der Waals surface area contributed by atoms with E-state index in [1.807, 2.05) is 12.3 Å². The number of hydrogen-bond acceptors (Lipinski definition) is 3. The van der Waals surface area contributed by atoms with Gasteiger partial charge in [0.2, 0.25) is 0 Å². The Morgan fingerprint density at radius 1 is 1.62 bits per heavy atom. The van der Waals surface area contributed by atoms with Crippen LogP contribution >= 0.6 is 0 Å². The third kappa shape index (κ3) is 2.05. The van der Waals surface area contributed by atoms with Crippen LogP contribution < -0.4 is 10.6 Å². The molecule has 1 aromatic heterocycles. The number of pyridine rings is 1. The van der Waals surface area contributed by atoms with Crippen molar-refractivity contribution in [3.63, 3.8) is 0 Å². The molecule has 2 rings (SSSR count). The fourth-order valence-electron chi connectivity index (χ4n) is 1.49. The molecule has 1 aliphatic heterocycles. The van der Waals surface area contributed by atoms with Crippen LogP contribution in [0.25, 0.3) is 0 Å². The van der Waals surface area contributed by atoms with Crippen molar-refractivity contribution in [1.82, 2.24) is 15.6 Å². The van der Waals surface area contributed by atoms with Gasteiger partial charge in [-0.25, -0.2) is 0 Å². The summed E-state index contributed by atoms with van der Waals surface area (Å²) in [5.41, 5.74) is 1.26. The van der Waals surface area contributed by atoms with E-state index in [1.165, 1.54) is 5.56 Å². The molecule has 3 heteroatoms. The molecule has 0 saturated carbocycles. The van der Waals surface area contributed by atoms with E-state index in [2.05, 4.69) is 28.6 Å². The molecule has 1 aliphatic rings. The zero-order valence-corrected chi connectivity index (χ0v) is 7.83. The largest absolute Gasteiger partial charge is 0.314 e. The molecule has 70 valence electrons. The lowest BCUT2D eigenvalue weighted by Crippen LogP contribution is -2.55. The highest BCUT2D eigenvalue weighted by Crippen LogP contribution is 2.11. The summed E-state index contributed by atoms with van der Waals surface area (Å²) in [5, 5.41) is 6.77. The molecule has 2 N–H and O–H groups in total. The fraction of sp³-hybridized carbons (Fsp3) is 0.500. The van der Waals surface area contributed by atoms with Gasteiger partial charge in [0, 0.05) is 37.6 Å². The van der Waals surface area contributed by atoms with Gasteiger partial charge in [0.25, 0.3) is 0 Å². The minimum Gasteiger partial charge on any atom is -0.314 e. The van der Waals surface area contributed by atoms with Crippen LogP contribution in [-0.4, -0.2) is 24.1 Å². The molecule has 1 saturated heterocycles. The second-order valence-corrected chi connectivity index (χ2v) is 3.53. The number of hydrogen-bond donors (Lipinski definition) is 2. The van der Waals surface area contributed by atoms with E-state index in [0.717, 1.165) is 13.1 Å². The smallest absolute Gasteiger partial charge is 0.0322 e. The van der Waals surface area contributed by atoms with Crippen LogP contribution in [-0.2, 0) is 0 Å². The predicted octanol–water partition coefficient (Wildman–Crippen LogP) is 0.704. The minimum atomic E-state index is 0.404. The quantitative estimate of drug-likeness (QED) is 0.713. The Kier molecular flexibility index (Phi) is 2.57. The summed E-state index contributed by atoms with van der Waals surface area (Å²) in [4.78, 5) is 4.10. The lowest BCUT2D eigenvalue weighted by Gasteiger charge is -2.31. The average Bonchev–Trinajstić information content (AvgIpc) is 2.12. The van der Waals surface area contributed by atoms with Gasteiger partial charge in [0.05, 0.1) is 0 Å². The average molecular weight is 177 g/mol. The van der Waals surface area contributed by atoms with Crippen molar-refractivity contribution in [2.75, 3.05) is 13.1 Å². The molecule has 0 aliphatic carbocycles. The summed E-state index contributed by atoms with van der Waals surface area (Å²) in [6, 6.07) is 5.12. The molecular formula is C10H15N3. The van der Waals surface area contributed by atoms with Crippen LogP contribution in [0.3, 0.4) is 0 Å². The van der Waals surface area contributed by atoms with Gasteiger partial charge in [-0.2, -0.15) is 0 Å². The van der Waals surface area contributed by atoms with E-state index in [9.17, 15) is 0 Å². The Balaban J connectivity index is 1.92. The lowest BCUT2D eigenvalue weighted by atomic mass is 10.1. The van der Waals surface area contributed by atoms with Gasteiger partial charge in [0.15, 0.2) is 0 Å². The molecule has 0 spiro atoms. The molecule has 0 unspecified atom stereocenters. The Morgan fingerprint density at radius 2 is 2.46 bits per heavy atom. The van der Waals surface area contributed by atoms with Crippen LogP contribution in [0, 0.1) is 0 Å². The van der Waals surface area contributed by atoms with Gasteiger partial charge in [0.1, 0.15) is 0 Å². The van der Waals surface area contributed by atoms with Crippen LogP contribution in [0.15, 0.2) is 24.5 Å². The van der Waals surface area contributed by atoms with E-state index in [0.29, 0.717) is 12.1 Å². The number of rotatable bonds is 3. The monoisotopic (exact) mass is 177 g/mol. The van der Waals surface area contributed by atoms with Crippen molar-refractivity contribution in [3.05, 3.63) is 30.1 Å². The molecule has 0 bridgehead atoms. The summed E-state index contributed by atoms with van der Waals surface area (Å²) < 4.78 is 0. The number of nitrogens with zero attached hydrogens (tertiary/aromatic N) is 1. The first-order chi connectivity index (χ1) is 6.36. The van der Waals surface area contributed by atoms with Crippen LogP contribution in [0.4, 0.5) is 0 Å². The molecule has 0 aromatic carbocycles. The summed E-state index contributed by atoms with van der Waals surface area (Å²) in [7, 11) is 0. The third-order valence-corrected chi connectivity index (χ3v) is 2.45. The summed E-state index contributed by atoms with van der Waals surface area (Å²) in [6.45, 7) is 4.35. The highest BCUT2D eigenvalue weighted by molar-refractivity contribution is 5.13. The SMILES string of the molecule is C[C@H](NC1CNC1)c1cccnc1. The lowest BCUT2D eigenvalue weighted by molar-refractivity contribution is 0.338. The molecular weight excluding hydrogens is 162 g/mol. The van der Waals surface area contributed by atoms with E-state index in [1.54, 1.807) is 6.20 Å². The van der Waals surface area contributed by atoms with Crippen molar-refractivity contribution >= 4 is 0 Å². The maximum absolute atomic E-state index is 4.10. The van der Waals surface area contributed by atoms with E-state index in [4.69, 9.17) is 0 Å². The van der Waals surface area contributed by atoms with Crippen LogP contribution in [0.1, 0.15) is 18.5 Å². The molecule has 2 heterocycles. The predicted molar refractivity (Wildman–Crippen MR) is 52.4 cm³/mol. The molecule has 1 atom stereocenters. The second kappa shape index (κ2) is 3.85. The van der Waals surface area contributed by atoms with Crippen LogP contribution in [0.2, 0.25) is 0 Å². The van der Waals surface area contributed by atoms with Gasteiger partial charge in [-0.15, -0.1) is 0 Å². The van der Waals surface area contributed by atoms with Crippen molar-refractivity contribution in [1.29, 1.82) is 0 Å². The van der Waals surface area contributed by atoms with Gasteiger partial charge in [-0.05, 0) is 18.6 Å². The standard InChI is InChI=1S/C10H15N3/c1-8(13-10-6-12-7-10)9-3-2-4-11-5-9/h2-5,8,10,12-13H,6-7H2,1H3/t8-/m0/s1. The Bertz CT molecular complexity index is 256. The van der Waals surface area contributed by atoms with Gasteiger partial charge in [-0.3, -0.25) is 4.98 Å². The van der Waals surface area contributed by atoms with Crippen molar-refractivity contribution < 1.29 is 0 Å². The molecule has 3 nitrogen and oxygen atoms in total. The first-order valence-electron chi connectivity index (χ1n) is 4.73. The zero-order chi connectivity index (χ0) is 9.10. The van der Waals surface area contributed by atoms with Crippen molar-refractivity contribution in [2.24, 2.45) is 0 Å². The van der Waals surface area contributed by atoms with Gasteiger partial charge in [-0.1, -0.05) is 6.07 Å². The minimum absolute atomic E-state index is 0.404. The Labute approximate surface area is 78.6 Å². The first-order valence-corrected chi connectivity index (χ1v) is 4.73. The summed E-state index contributed by atoms with van der Waals surface area (Å²) in [5.74, 6) is 0. The zero-order valence-electron chi connectivity index (χ0n) is 7.83. The van der Waals surface area contributed by atoms with Crippen LogP contribution in [0.5, 0.6) is 0 Å². The normalized spacial score (nSPS) is 19.5. The fourth-order valence-corrected chi connectivity index (χ4v) is 1.49. The van der Waals surface area contributed by atoms with E-state index >= 15 is 0 Å². The molecule has 13 heavy (non-hydrogen) atoms. The Hall–Kier alpha value is -0.930. The van der Waals surface area contributed by atoms with Gasteiger partial charge >= 0.3 is 0 Å². The molecule has 1 aromatic rings. The Morgan fingerprint density at radius 3 is 3.00 bits per heavy atom. The third-order valence-electron chi connectivity index (χ3n) is 2.45.